The van der Waals surface area contributed by atoms with Crippen LogP contribution < -0.4 is 9.47 Å². The third-order valence-corrected chi connectivity index (χ3v) is 4.18. The summed E-state index contributed by atoms with van der Waals surface area (Å²) in [6.45, 7) is 2.00. The zero-order valence-corrected chi connectivity index (χ0v) is 14.5. The van der Waals surface area contributed by atoms with Crippen LogP contribution in [-0.4, -0.2) is 48.7 Å². The lowest BCUT2D eigenvalue weighted by atomic mass is 9.94. The third-order valence-electron chi connectivity index (χ3n) is 4.18. The molecule has 0 bridgehead atoms. The van der Waals surface area contributed by atoms with E-state index in [0.717, 1.165) is 6.42 Å². The molecule has 132 valence electrons. The van der Waals surface area contributed by atoms with E-state index in [0.29, 0.717) is 34.4 Å². The summed E-state index contributed by atoms with van der Waals surface area (Å²) in [5.74, 6) is 1.05. The molecule has 3 unspecified atom stereocenters. The molecule has 0 radical (unpaired) electrons. The molecule has 0 spiro atoms. The molecule has 0 saturated heterocycles. The Morgan fingerprint density at radius 2 is 1.88 bits per heavy atom. The van der Waals surface area contributed by atoms with Gasteiger partial charge in [-0.25, -0.2) is 0 Å². The molecule has 2 N–H and O–H groups in total. The van der Waals surface area contributed by atoms with Crippen molar-refractivity contribution in [3.8, 4) is 11.5 Å². The van der Waals surface area contributed by atoms with Gasteiger partial charge in [-0.3, -0.25) is 4.98 Å². The summed E-state index contributed by atoms with van der Waals surface area (Å²) < 4.78 is 16.0. The van der Waals surface area contributed by atoms with Crippen LogP contribution in [0.5, 0.6) is 11.5 Å². The number of fused-ring (bicyclic) bond motifs is 1. The summed E-state index contributed by atoms with van der Waals surface area (Å²) in [5.41, 5.74) is 1.16. The van der Waals surface area contributed by atoms with Gasteiger partial charge in [0, 0.05) is 18.1 Å². The van der Waals surface area contributed by atoms with E-state index in [2.05, 4.69) is 4.98 Å². The Morgan fingerprint density at radius 3 is 2.46 bits per heavy atom. The van der Waals surface area contributed by atoms with Crippen molar-refractivity contribution >= 4 is 10.9 Å². The summed E-state index contributed by atoms with van der Waals surface area (Å²) in [4.78, 5) is 4.33. The van der Waals surface area contributed by atoms with Crippen LogP contribution in [0, 0.1) is 0 Å². The maximum absolute atomic E-state index is 10.8. The molecule has 0 aliphatic heterocycles. The molecule has 0 aliphatic carbocycles. The first-order chi connectivity index (χ1) is 11.6. The Kier molecular flexibility index (Phi) is 6.36. The SMILES string of the molecule is CCCC(OC)C(O)C(O)c1c(OC)cnc2ccc(OC)cc12. The van der Waals surface area contributed by atoms with E-state index in [-0.39, 0.29) is 0 Å². The lowest BCUT2D eigenvalue weighted by Gasteiger charge is -2.27. The molecule has 0 saturated carbocycles. The van der Waals surface area contributed by atoms with Crippen molar-refractivity contribution in [1.29, 1.82) is 0 Å². The van der Waals surface area contributed by atoms with E-state index in [9.17, 15) is 10.2 Å². The first-order valence-corrected chi connectivity index (χ1v) is 7.96. The summed E-state index contributed by atoms with van der Waals surface area (Å²) in [7, 11) is 4.61. The fraction of sp³-hybridized carbons (Fsp3) is 0.500. The Hall–Kier alpha value is -1.89. The molecule has 2 rings (SSSR count). The number of hydrogen-bond acceptors (Lipinski definition) is 6. The molecule has 6 nitrogen and oxygen atoms in total. The fourth-order valence-corrected chi connectivity index (χ4v) is 2.86. The van der Waals surface area contributed by atoms with Crippen molar-refractivity contribution in [3.63, 3.8) is 0 Å². The first kappa shape index (κ1) is 18.4. The van der Waals surface area contributed by atoms with E-state index in [4.69, 9.17) is 14.2 Å². The van der Waals surface area contributed by atoms with Gasteiger partial charge in [0.25, 0.3) is 0 Å². The van der Waals surface area contributed by atoms with Gasteiger partial charge in [0.15, 0.2) is 0 Å². The van der Waals surface area contributed by atoms with Crippen LogP contribution in [0.1, 0.15) is 31.4 Å². The summed E-state index contributed by atoms with van der Waals surface area (Å²) >= 11 is 0. The molecule has 6 heteroatoms. The van der Waals surface area contributed by atoms with Gasteiger partial charge in [-0.05, 0) is 24.6 Å². The van der Waals surface area contributed by atoms with Gasteiger partial charge in [0.2, 0.25) is 0 Å². The van der Waals surface area contributed by atoms with Crippen molar-refractivity contribution in [2.45, 2.75) is 38.1 Å². The largest absolute Gasteiger partial charge is 0.497 e. The number of pyridine rings is 1. The second kappa shape index (κ2) is 8.28. The van der Waals surface area contributed by atoms with Crippen LogP contribution in [0.15, 0.2) is 24.4 Å². The lowest BCUT2D eigenvalue weighted by Crippen LogP contribution is -2.34. The van der Waals surface area contributed by atoms with Crippen LogP contribution >= 0.6 is 0 Å². The van der Waals surface area contributed by atoms with E-state index < -0.39 is 18.3 Å². The molecule has 0 amide bonds. The number of ether oxygens (including phenoxy) is 3. The molecule has 2 aromatic rings. The Labute approximate surface area is 142 Å². The molecule has 24 heavy (non-hydrogen) atoms. The van der Waals surface area contributed by atoms with Gasteiger partial charge >= 0.3 is 0 Å². The van der Waals surface area contributed by atoms with Crippen molar-refractivity contribution in [3.05, 3.63) is 30.0 Å². The maximum Gasteiger partial charge on any atom is 0.143 e. The molecular formula is C18H25NO5. The molecule has 1 aromatic heterocycles. The fourth-order valence-electron chi connectivity index (χ4n) is 2.86. The highest BCUT2D eigenvalue weighted by atomic mass is 16.5. The Balaban J connectivity index is 2.55. The average Bonchev–Trinajstić information content (AvgIpc) is 2.63. The van der Waals surface area contributed by atoms with Crippen molar-refractivity contribution in [1.82, 2.24) is 4.98 Å². The Bertz CT molecular complexity index is 671. The number of methoxy groups -OCH3 is 3. The van der Waals surface area contributed by atoms with Crippen LogP contribution in [-0.2, 0) is 4.74 Å². The van der Waals surface area contributed by atoms with Crippen LogP contribution in [0.25, 0.3) is 10.9 Å². The first-order valence-electron chi connectivity index (χ1n) is 7.96. The number of aliphatic hydroxyl groups is 2. The molecule has 0 aliphatic rings. The summed E-state index contributed by atoms with van der Waals surface area (Å²) in [6.07, 6.45) is 0.299. The number of aromatic nitrogens is 1. The van der Waals surface area contributed by atoms with Crippen molar-refractivity contribution < 1.29 is 24.4 Å². The number of hydrogen-bond donors (Lipinski definition) is 2. The highest BCUT2D eigenvalue weighted by Crippen LogP contribution is 2.36. The normalized spacial score (nSPS) is 15.1. The van der Waals surface area contributed by atoms with Crippen molar-refractivity contribution in [2.24, 2.45) is 0 Å². The smallest absolute Gasteiger partial charge is 0.143 e. The summed E-state index contributed by atoms with van der Waals surface area (Å²) in [6, 6.07) is 5.37. The number of nitrogens with zero attached hydrogens (tertiary/aromatic N) is 1. The molecular weight excluding hydrogens is 310 g/mol. The lowest BCUT2D eigenvalue weighted by molar-refractivity contribution is -0.0797. The van der Waals surface area contributed by atoms with E-state index in [1.807, 2.05) is 6.92 Å². The molecule has 0 fully saturated rings. The minimum absolute atomic E-state index is 0.411. The van der Waals surface area contributed by atoms with E-state index >= 15 is 0 Å². The highest BCUT2D eigenvalue weighted by Gasteiger charge is 2.30. The molecule has 1 aromatic carbocycles. The quantitative estimate of drug-likeness (QED) is 0.771. The number of rotatable bonds is 8. The molecule has 1 heterocycles. The van der Waals surface area contributed by atoms with Gasteiger partial charge in [-0.1, -0.05) is 13.3 Å². The number of aliphatic hydroxyl groups excluding tert-OH is 2. The third kappa shape index (κ3) is 3.61. The second-order valence-electron chi connectivity index (χ2n) is 5.62. The molecule has 3 atom stereocenters. The van der Waals surface area contributed by atoms with Gasteiger partial charge in [0.1, 0.15) is 23.7 Å². The van der Waals surface area contributed by atoms with Gasteiger partial charge < -0.3 is 24.4 Å². The van der Waals surface area contributed by atoms with E-state index in [1.165, 1.54) is 14.2 Å². The minimum atomic E-state index is -1.17. The van der Waals surface area contributed by atoms with E-state index in [1.54, 1.807) is 31.5 Å². The standard InChI is InChI=1S/C18H25NO5/c1-5-6-14(23-3)17(20)18(21)16-12-9-11(22-2)7-8-13(12)19-10-15(16)24-4/h7-10,14,17-18,20-21H,5-6H2,1-4H3. The van der Waals surface area contributed by atoms with Crippen LogP contribution in [0.2, 0.25) is 0 Å². The van der Waals surface area contributed by atoms with Crippen LogP contribution in [0.3, 0.4) is 0 Å². The average molecular weight is 335 g/mol. The second-order valence-corrected chi connectivity index (χ2v) is 5.62. The Morgan fingerprint density at radius 1 is 1.12 bits per heavy atom. The predicted octanol–water partition coefficient (Wildman–Crippen LogP) is 2.46. The van der Waals surface area contributed by atoms with Gasteiger partial charge in [0.05, 0.1) is 32.0 Å². The van der Waals surface area contributed by atoms with Gasteiger partial charge in [-0.2, -0.15) is 0 Å². The predicted molar refractivity (Wildman–Crippen MR) is 91.5 cm³/mol. The van der Waals surface area contributed by atoms with Crippen LogP contribution in [0.4, 0.5) is 0 Å². The topological polar surface area (TPSA) is 81.0 Å². The van der Waals surface area contributed by atoms with Crippen molar-refractivity contribution in [2.75, 3.05) is 21.3 Å². The maximum atomic E-state index is 10.8. The zero-order valence-electron chi connectivity index (χ0n) is 14.5. The minimum Gasteiger partial charge on any atom is -0.497 e. The number of benzene rings is 1. The summed E-state index contributed by atoms with van der Waals surface area (Å²) in [5, 5.41) is 22.1. The monoisotopic (exact) mass is 335 g/mol. The highest BCUT2D eigenvalue weighted by molar-refractivity contribution is 5.86. The zero-order chi connectivity index (χ0) is 17.7. The van der Waals surface area contributed by atoms with Gasteiger partial charge in [-0.15, -0.1) is 0 Å².